The van der Waals surface area contributed by atoms with Gasteiger partial charge in [-0.05, 0) is 84.1 Å². The van der Waals surface area contributed by atoms with Gasteiger partial charge in [-0.15, -0.1) is 0 Å². The summed E-state index contributed by atoms with van der Waals surface area (Å²) in [6.45, 7) is 6.52. The number of aryl methyl sites for hydroxylation is 1. The number of hydrogen-bond donors (Lipinski definition) is 0. The summed E-state index contributed by atoms with van der Waals surface area (Å²) >= 11 is 6.32. The number of methoxy groups -OCH3 is 2. The van der Waals surface area contributed by atoms with Crippen molar-refractivity contribution < 1.29 is 19.0 Å². The molecule has 0 saturated carbocycles. The summed E-state index contributed by atoms with van der Waals surface area (Å²) in [4.78, 5) is 12.5. The maximum Gasteiger partial charge on any atom is 0.185 e. The molecule has 3 aromatic rings. The molecule has 0 atom stereocenters. The van der Waals surface area contributed by atoms with Crippen molar-refractivity contribution in [2.24, 2.45) is 0 Å². The molecule has 0 spiro atoms. The molecule has 33 heavy (non-hydrogen) atoms. The third-order valence-corrected chi connectivity index (χ3v) is 5.81. The zero-order chi connectivity index (χ0) is 24.0. The number of rotatable bonds is 9. The van der Waals surface area contributed by atoms with Gasteiger partial charge in [0.2, 0.25) is 0 Å². The van der Waals surface area contributed by atoms with Gasteiger partial charge in [-0.2, -0.15) is 0 Å². The second-order valence-corrected chi connectivity index (χ2v) is 8.49. The third-order valence-electron chi connectivity index (χ3n) is 5.40. The van der Waals surface area contributed by atoms with Crippen LogP contribution in [-0.2, 0) is 6.61 Å². The van der Waals surface area contributed by atoms with Crippen molar-refractivity contribution in [1.29, 1.82) is 0 Å². The highest BCUT2D eigenvalue weighted by atomic mass is 35.5. The molecule has 0 N–H and O–H groups in total. The quantitative estimate of drug-likeness (QED) is 0.247. The summed E-state index contributed by atoms with van der Waals surface area (Å²) < 4.78 is 16.9. The highest BCUT2D eigenvalue weighted by Gasteiger charge is 2.13. The first kappa shape index (κ1) is 24.4. The highest BCUT2D eigenvalue weighted by Crippen LogP contribution is 2.33. The predicted octanol–water partition coefficient (Wildman–Crippen LogP) is 7.26. The van der Waals surface area contributed by atoms with Crippen LogP contribution < -0.4 is 14.2 Å². The topological polar surface area (TPSA) is 44.8 Å². The molecule has 4 nitrogen and oxygen atoms in total. The van der Waals surface area contributed by atoms with E-state index in [1.165, 1.54) is 0 Å². The Kier molecular flexibility index (Phi) is 8.18. The van der Waals surface area contributed by atoms with E-state index >= 15 is 0 Å². The van der Waals surface area contributed by atoms with Crippen LogP contribution in [0, 0.1) is 6.92 Å². The minimum Gasteiger partial charge on any atom is -0.497 e. The summed E-state index contributed by atoms with van der Waals surface area (Å²) in [5.41, 5.74) is 4.40. The summed E-state index contributed by atoms with van der Waals surface area (Å²) in [7, 11) is 3.23. The molecule has 3 rings (SSSR count). The average molecular weight is 465 g/mol. The van der Waals surface area contributed by atoms with Gasteiger partial charge in [0, 0.05) is 16.1 Å². The van der Waals surface area contributed by atoms with E-state index in [1.54, 1.807) is 50.6 Å². The van der Waals surface area contributed by atoms with Gasteiger partial charge in [0.15, 0.2) is 5.78 Å². The van der Waals surface area contributed by atoms with Gasteiger partial charge in [-0.1, -0.05) is 37.6 Å². The Hall–Kier alpha value is -3.24. The van der Waals surface area contributed by atoms with Gasteiger partial charge >= 0.3 is 0 Å². The molecule has 0 bridgehead atoms. The molecule has 0 aromatic heterocycles. The Morgan fingerprint density at radius 3 is 2.33 bits per heavy atom. The molecule has 0 heterocycles. The normalized spacial score (nSPS) is 11.1. The first-order valence-corrected chi connectivity index (χ1v) is 11.2. The molecule has 0 saturated heterocycles. The first-order valence-electron chi connectivity index (χ1n) is 10.8. The number of ketones is 1. The van der Waals surface area contributed by atoms with Crippen molar-refractivity contribution in [3.63, 3.8) is 0 Å². The van der Waals surface area contributed by atoms with Gasteiger partial charge < -0.3 is 14.2 Å². The zero-order valence-corrected chi connectivity index (χ0v) is 20.4. The molecule has 0 fully saturated rings. The van der Waals surface area contributed by atoms with Gasteiger partial charge in [0.05, 0.1) is 14.2 Å². The lowest BCUT2D eigenvalue weighted by Crippen LogP contribution is -2.03. The highest BCUT2D eigenvalue weighted by molar-refractivity contribution is 6.31. The molecule has 0 unspecified atom stereocenters. The molecular weight excluding hydrogens is 436 g/mol. The van der Waals surface area contributed by atoms with Crippen LogP contribution in [0.3, 0.4) is 0 Å². The van der Waals surface area contributed by atoms with E-state index < -0.39 is 0 Å². The summed E-state index contributed by atoms with van der Waals surface area (Å²) in [6.07, 6.45) is 3.36. The van der Waals surface area contributed by atoms with E-state index in [9.17, 15) is 4.79 Å². The lowest BCUT2D eigenvalue weighted by Gasteiger charge is -2.17. The number of carbonyl (C=O) groups excluding carboxylic acids is 1. The summed E-state index contributed by atoms with van der Waals surface area (Å²) in [5, 5.41) is 0.734. The van der Waals surface area contributed by atoms with Crippen molar-refractivity contribution in [2.45, 2.75) is 33.3 Å². The third kappa shape index (κ3) is 6.17. The predicted molar refractivity (Wildman–Crippen MR) is 134 cm³/mol. The van der Waals surface area contributed by atoms with Crippen LogP contribution in [0.4, 0.5) is 0 Å². The minimum atomic E-state index is -0.0792. The van der Waals surface area contributed by atoms with Gasteiger partial charge in [0.25, 0.3) is 0 Å². The second-order valence-electron chi connectivity index (χ2n) is 8.08. The molecule has 172 valence electrons. The smallest absolute Gasteiger partial charge is 0.185 e. The molecule has 3 aromatic carbocycles. The van der Waals surface area contributed by atoms with Crippen molar-refractivity contribution in [1.82, 2.24) is 0 Å². The van der Waals surface area contributed by atoms with Crippen LogP contribution in [0.1, 0.15) is 52.4 Å². The Morgan fingerprint density at radius 2 is 1.70 bits per heavy atom. The lowest BCUT2D eigenvalue weighted by molar-refractivity contribution is 0.104. The van der Waals surface area contributed by atoms with Crippen molar-refractivity contribution >= 4 is 23.5 Å². The maximum absolute atomic E-state index is 12.5. The maximum atomic E-state index is 12.5. The fourth-order valence-corrected chi connectivity index (χ4v) is 3.61. The molecular formula is C28H29ClO4. The second kappa shape index (κ2) is 11.1. The number of halogens is 1. The minimum absolute atomic E-state index is 0.0792. The zero-order valence-electron chi connectivity index (χ0n) is 19.6. The molecule has 0 amide bonds. The standard InChI is InChI=1S/C28H29ClO4/c1-18(2)24-16-25(29)19(3)14-28(24)33-17-22-15-20(7-13-27(22)32-5)6-12-26(30)21-8-10-23(31-4)11-9-21/h6-16,18H,17H2,1-5H3/b12-6+. The van der Waals surface area contributed by atoms with Crippen molar-refractivity contribution in [3.05, 3.63) is 93.5 Å². The molecule has 0 radical (unpaired) electrons. The number of carbonyl (C=O) groups is 1. The summed E-state index contributed by atoms with van der Waals surface area (Å²) in [6, 6.07) is 16.7. The van der Waals surface area contributed by atoms with Crippen LogP contribution in [0.2, 0.25) is 5.02 Å². The number of allylic oxidation sites excluding steroid dienone is 1. The Labute approximate surface area is 200 Å². The molecule has 0 aliphatic heterocycles. The fourth-order valence-electron chi connectivity index (χ4n) is 3.44. The van der Waals surface area contributed by atoms with Crippen LogP contribution in [-0.4, -0.2) is 20.0 Å². The van der Waals surface area contributed by atoms with Crippen molar-refractivity contribution in [3.8, 4) is 17.2 Å². The molecule has 0 aliphatic rings. The molecule has 5 heteroatoms. The Morgan fingerprint density at radius 1 is 0.970 bits per heavy atom. The monoisotopic (exact) mass is 464 g/mol. The number of hydrogen-bond acceptors (Lipinski definition) is 4. The van der Waals surface area contributed by atoms with E-state index in [1.807, 2.05) is 37.3 Å². The van der Waals surface area contributed by atoms with E-state index in [4.69, 9.17) is 25.8 Å². The van der Waals surface area contributed by atoms with E-state index in [0.29, 0.717) is 17.9 Å². The average Bonchev–Trinajstić information content (AvgIpc) is 2.82. The lowest BCUT2D eigenvalue weighted by atomic mass is 10.0. The van der Waals surface area contributed by atoms with E-state index in [2.05, 4.69) is 13.8 Å². The van der Waals surface area contributed by atoms with E-state index in [-0.39, 0.29) is 11.7 Å². The fraction of sp³-hybridized carbons (Fsp3) is 0.250. The van der Waals surface area contributed by atoms with Gasteiger partial charge in [-0.3, -0.25) is 4.79 Å². The van der Waals surface area contributed by atoms with E-state index in [0.717, 1.165) is 38.8 Å². The SMILES string of the molecule is COc1ccc(C(=O)/C=C/c2ccc(OC)c(COc3cc(C)c(Cl)cc3C(C)C)c2)cc1. The number of benzene rings is 3. The molecule has 0 aliphatic carbocycles. The summed E-state index contributed by atoms with van der Waals surface area (Å²) in [5.74, 6) is 2.45. The van der Waals surface area contributed by atoms with Crippen LogP contribution in [0.25, 0.3) is 6.08 Å². The first-order chi connectivity index (χ1) is 15.8. The van der Waals surface area contributed by atoms with Crippen LogP contribution >= 0.6 is 11.6 Å². The van der Waals surface area contributed by atoms with Gasteiger partial charge in [-0.25, -0.2) is 0 Å². The Balaban J connectivity index is 1.79. The Bertz CT molecular complexity index is 1150. The van der Waals surface area contributed by atoms with Crippen LogP contribution in [0.15, 0.2) is 60.7 Å². The van der Waals surface area contributed by atoms with Gasteiger partial charge in [0.1, 0.15) is 23.9 Å². The number of ether oxygens (including phenoxy) is 3. The van der Waals surface area contributed by atoms with Crippen molar-refractivity contribution in [2.75, 3.05) is 14.2 Å². The largest absolute Gasteiger partial charge is 0.497 e. The van der Waals surface area contributed by atoms with Crippen LogP contribution in [0.5, 0.6) is 17.2 Å².